The van der Waals surface area contributed by atoms with E-state index in [9.17, 15) is 4.79 Å². The van der Waals surface area contributed by atoms with Gasteiger partial charge in [-0.15, -0.1) is 0 Å². The molecular weight excluding hydrogens is 381 g/mol. The summed E-state index contributed by atoms with van der Waals surface area (Å²) in [6.07, 6.45) is 0. The van der Waals surface area contributed by atoms with Crippen molar-refractivity contribution in [2.45, 2.75) is 6.61 Å². The van der Waals surface area contributed by atoms with Crippen LogP contribution in [0.25, 0.3) is 0 Å². The zero-order valence-electron chi connectivity index (χ0n) is 14.2. The fourth-order valence-electron chi connectivity index (χ4n) is 2.23. The summed E-state index contributed by atoms with van der Waals surface area (Å²) in [5.74, 6) is 0.756. The van der Waals surface area contributed by atoms with Gasteiger partial charge in [-0.05, 0) is 29.8 Å². The maximum Gasteiger partial charge on any atom is 1.00 e. The number of rotatable bonds is 6. The fourth-order valence-corrected chi connectivity index (χ4v) is 3.82. The Morgan fingerprint density at radius 2 is 1.46 bits per heavy atom. The predicted octanol–water partition coefficient (Wildman–Crippen LogP) is 2.99. The first-order valence-electron chi connectivity index (χ1n) is 7.60. The van der Waals surface area contributed by atoms with E-state index in [0.29, 0.717) is 30.8 Å². The van der Waals surface area contributed by atoms with Gasteiger partial charge >= 0.3 is 18.9 Å². The number of hydrogen-bond acceptors (Lipinski definition) is 2. The van der Waals surface area contributed by atoms with E-state index in [1.54, 1.807) is 18.2 Å². The molecule has 0 N–H and O–H groups in total. The molecule has 0 saturated heterocycles. The molecule has 0 aromatic heterocycles. The van der Waals surface area contributed by atoms with Crippen LogP contribution in [-0.4, -0.2) is 5.52 Å². The molecule has 0 aliphatic rings. The van der Waals surface area contributed by atoms with Crippen LogP contribution < -0.4 is 28.9 Å². The summed E-state index contributed by atoms with van der Waals surface area (Å²) in [5, 5.41) is 1.59. The van der Waals surface area contributed by atoms with Crippen LogP contribution in [0.15, 0.2) is 72.8 Å². The van der Waals surface area contributed by atoms with E-state index in [1.165, 1.54) is 0 Å². The molecule has 3 aromatic rings. The molecule has 0 radical (unpaired) electrons. The number of benzene rings is 3. The van der Waals surface area contributed by atoms with E-state index >= 15 is 0 Å². The molecule has 2 nitrogen and oxygen atoms in total. The van der Waals surface area contributed by atoms with Crippen molar-refractivity contribution in [1.29, 1.82) is 0 Å². The molecule has 3 rings (SSSR count). The van der Waals surface area contributed by atoms with E-state index in [4.69, 9.17) is 27.9 Å². The second kappa shape index (κ2) is 10.2. The third-order valence-corrected chi connectivity index (χ3v) is 5.11. The number of ether oxygens (including phenoxy) is 1. The SMILES string of the molecule is O=C([P-]c1ccc(OCc2ccccc2)cc1)c1c(Cl)cccc1Cl.[Li+]. The molecule has 0 spiro atoms. The van der Waals surface area contributed by atoms with Gasteiger partial charge in [-0.3, -0.25) is 0 Å². The van der Waals surface area contributed by atoms with Gasteiger partial charge in [0.1, 0.15) is 12.4 Å². The minimum Gasteiger partial charge on any atom is -0.489 e. The summed E-state index contributed by atoms with van der Waals surface area (Å²) >= 11 is 12.2. The predicted molar refractivity (Wildman–Crippen MR) is 105 cm³/mol. The Hall–Kier alpha value is -1.26. The van der Waals surface area contributed by atoms with Crippen LogP contribution in [0.4, 0.5) is 0 Å². The third-order valence-electron chi connectivity index (χ3n) is 3.49. The number of hydrogen-bond donors (Lipinski definition) is 0. The van der Waals surface area contributed by atoms with Crippen molar-refractivity contribution >= 4 is 42.6 Å². The quantitative estimate of drug-likeness (QED) is 0.474. The fraction of sp³-hybridized carbons (Fsp3) is 0.0500. The van der Waals surface area contributed by atoms with Gasteiger partial charge in [-0.25, -0.2) is 0 Å². The van der Waals surface area contributed by atoms with Crippen molar-refractivity contribution in [2.24, 2.45) is 0 Å². The molecular formula is C20H14Cl2LiO2P. The van der Waals surface area contributed by atoms with Crippen LogP contribution in [0.3, 0.4) is 0 Å². The molecule has 0 amide bonds. The smallest absolute Gasteiger partial charge is 0.489 e. The minimum absolute atomic E-state index is 0. The molecule has 0 heterocycles. The molecule has 0 fully saturated rings. The molecule has 26 heavy (non-hydrogen) atoms. The van der Waals surface area contributed by atoms with E-state index in [1.807, 2.05) is 54.6 Å². The van der Waals surface area contributed by atoms with Crippen molar-refractivity contribution in [1.82, 2.24) is 0 Å². The van der Waals surface area contributed by atoms with Crippen molar-refractivity contribution < 1.29 is 28.4 Å². The monoisotopic (exact) mass is 394 g/mol. The van der Waals surface area contributed by atoms with Gasteiger partial charge in [-0.2, -0.15) is 5.30 Å². The van der Waals surface area contributed by atoms with Crippen molar-refractivity contribution in [3.63, 3.8) is 0 Å². The average molecular weight is 395 g/mol. The molecule has 0 saturated carbocycles. The van der Waals surface area contributed by atoms with Crippen LogP contribution >= 0.6 is 31.8 Å². The Kier molecular flexibility index (Phi) is 8.23. The average Bonchev–Trinajstić information content (AvgIpc) is 2.62. The van der Waals surface area contributed by atoms with Gasteiger partial charge < -0.3 is 18.1 Å². The zero-order chi connectivity index (χ0) is 17.6. The van der Waals surface area contributed by atoms with Crippen molar-refractivity contribution in [2.75, 3.05) is 0 Å². The minimum atomic E-state index is -0.131. The van der Waals surface area contributed by atoms with Crippen LogP contribution in [0.2, 0.25) is 10.0 Å². The summed E-state index contributed by atoms with van der Waals surface area (Å²) in [6, 6.07) is 22.4. The molecule has 126 valence electrons. The van der Waals surface area contributed by atoms with Crippen LogP contribution in [0.5, 0.6) is 5.75 Å². The summed E-state index contributed by atoms with van der Waals surface area (Å²) in [4.78, 5) is 12.4. The molecule has 0 atom stereocenters. The summed E-state index contributed by atoms with van der Waals surface area (Å²) < 4.78 is 5.74. The van der Waals surface area contributed by atoms with Gasteiger partial charge in [0.25, 0.3) is 0 Å². The summed E-state index contributed by atoms with van der Waals surface area (Å²) in [6.45, 7) is 0.506. The van der Waals surface area contributed by atoms with Crippen LogP contribution in [-0.2, 0) is 6.61 Å². The van der Waals surface area contributed by atoms with Crippen LogP contribution in [0, 0.1) is 0 Å². The second-order valence-electron chi connectivity index (χ2n) is 5.28. The standard InChI is InChI=1S/C20H14Cl2O2P.Li/c21-17-7-4-8-18(22)19(17)20(23)25-16-11-9-15(10-12-16)24-13-14-5-2-1-3-6-14;/h1-12H,13H2;/q-1;+1. The first-order chi connectivity index (χ1) is 12.1. The van der Waals surface area contributed by atoms with Crippen LogP contribution in [0.1, 0.15) is 15.9 Å². The third kappa shape index (κ3) is 5.62. The summed E-state index contributed by atoms with van der Waals surface area (Å²) in [7, 11) is 0.521. The molecule has 6 heteroatoms. The molecule has 0 aliphatic heterocycles. The number of carbonyl (C=O) groups excluding carboxylic acids is 1. The Bertz CT molecular complexity index is 850. The Balaban J connectivity index is 0.00000243. The van der Waals surface area contributed by atoms with E-state index in [-0.39, 0.29) is 24.4 Å². The van der Waals surface area contributed by atoms with Crippen molar-refractivity contribution in [3.05, 3.63) is 94.0 Å². The Morgan fingerprint density at radius 3 is 2.08 bits per heavy atom. The largest absolute Gasteiger partial charge is 1.00 e. The maximum absolute atomic E-state index is 12.4. The second-order valence-corrected chi connectivity index (χ2v) is 7.24. The van der Waals surface area contributed by atoms with Crippen molar-refractivity contribution in [3.8, 4) is 5.75 Å². The Labute approximate surface area is 176 Å². The molecule has 0 bridgehead atoms. The maximum atomic E-state index is 12.4. The van der Waals surface area contributed by atoms with Gasteiger partial charge in [0.05, 0.1) is 10.0 Å². The number of halogens is 2. The first kappa shape index (κ1) is 21.0. The van der Waals surface area contributed by atoms with Gasteiger partial charge in [0, 0.05) is 11.1 Å². The number of carbonyl (C=O) groups is 1. The van der Waals surface area contributed by atoms with Gasteiger partial charge in [-0.1, -0.05) is 71.7 Å². The first-order valence-corrected chi connectivity index (χ1v) is 9.25. The van der Waals surface area contributed by atoms with Gasteiger partial charge in [0.2, 0.25) is 0 Å². The van der Waals surface area contributed by atoms with Gasteiger partial charge in [0.15, 0.2) is 0 Å². The van der Waals surface area contributed by atoms with E-state index in [2.05, 4.69) is 0 Å². The molecule has 3 aromatic carbocycles. The Morgan fingerprint density at radius 1 is 0.846 bits per heavy atom. The molecule has 0 aliphatic carbocycles. The van der Waals surface area contributed by atoms with E-state index in [0.717, 1.165) is 16.6 Å². The summed E-state index contributed by atoms with van der Waals surface area (Å²) in [5.41, 5.74) is 1.33. The normalized spacial score (nSPS) is 10.5. The topological polar surface area (TPSA) is 26.3 Å². The van der Waals surface area contributed by atoms with E-state index < -0.39 is 0 Å². The zero-order valence-corrected chi connectivity index (χ0v) is 16.6. The molecule has 0 unspecified atom stereocenters.